The molecule has 0 amide bonds. The molecule has 0 saturated heterocycles. The monoisotopic (exact) mass is 413 g/mol. The highest BCUT2D eigenvalue weighted by Crippen LogP contribution is 2.22. The number of benzene rings is 1. The van der Waals surface area contributed by atoms with Crippen LogP contribution in [0.2, 0.25) is 0 Å². The summed E-state index contributed by atoms with van der Waals surface area (Å²) in [5.74, 6) is 2.13. The van der Waals surface area contributed by atoms with Gasteiger partial charge in [0.1, 0.15) is 12.4 Å². The Morgan fingerprint density at radius 2 is 2.04 bits per heavy atom. The molecule has 0 N–H and O–H groups in total. The topological polar surface area (TPSA) is 74.3 Å². The fourth-order valence-corrected chi connectivity index (χ4v) is 4.39. The van der Waals surface area contributed by atoms with Crippen molar-refractivity contribution in [3.63, 3.8) is 0 Å². The maximum Gasteiger partial charge on any atom is 0.258 e. The van der Waals surface area contributed by atoms with Gasteiger partial charge in [-0.15, -0.1) is 21.5 Å². The van der Waals surface area contributed by atoms with E-state index < -0.39 is 0 Å². The van der Waals surface area contributed by atoms with Crippen LogP contribution in [0.5, 0.6) is 5.75 Å². The Morgan fingerprint density at radius 3 is 2.82 bits per heavy atom. The molecular formula is C19H19N5O2S2. The van der Waals surface area contributed by atoms with Crippen LogP contribution in [-0.4, -0.2) is 24.1 Å². The van der Waals surface area contributed by atoms with Gasteiger partial charge in [0.25, 0.3) is 5.56 Å². The Kier molecular flexibility index (Phi) is 5.45. The molecule has 0 bridgehead atoms. The summed E-state index contributed by atoms with van der Waals surface area (Å²) in [6, 6.07) is 9.49. The maximum absolute atomic E-state index is 12.1. The van der Waals surface area contributed by atoms with E-state index in [0.717, 1.165) is 29.0 Å². The van der Waals surface area contributed by atoms with E-state index in [1.54, 1.807) is 16.7 Å². The van der Waals surface area contributed by atoms with Crippen molar-refractivity contribution in [2.75, 3.05) is 0 Å². The summed E-state index contributed by atoms with van der Waals surface area (Å²) in [7, 11) is 0. The van der Waals surface area contributed by atoms with Crippen molar-refractivity contribution in [3.05, 3.63) is 69.3 Å². The molecule has 28 heavy (non-hydrogen) atoms. The Labute approximate surface area is 170 Å². The van der Waals surface area contributed by atoms with E-state index in [4.69, 9.17) is 4.74 Å². The first-order chi connectivity index (χ1) is 13.6. The SMILES string of the molecule is CCn1c(COc2ccc(C)cc2)nnc1SCc1cc(=O)n2ccsc2n1. The molecule has 0 radical (unpaired) electrons. The van der Waals surface area contributed by atoms with Crippen molar-refractivity contribution >= 4 is 28.1 Å². The van der Waals surface area contributed by atoms with Crippen LogP contribution >= 0.6 is 23.1 Å². The van der Waals surface area contributed by atoms with Gasteiger partial charge in [0, 0.05) is 29.9 Å². The molecule has 3 aromatic heterocycles. The van der Waals surface area contributed by atoms with Gasteiger partial charge in [0.05, 0.1) is 5.69 Å². The van der Waals surface area contributed by atoms with Crippen molar-refractivity contribution in [2.45, 2.75) is 37.9 Å². The number of fused-ring (bicyclic) bond motifs is 1. The van der Waals surface area contributed by atoms with Gasteiger partial charge in [-0.3, -0.25) is 9.20 Å². The molecule has 7 nitrogen and oxygen atoms in total. The van der Waals surface area contributed by atoms with E-state index in [-0.39, 0.29) is 5.56 Å². The molecule has 144 valence electrons. The Hall–Kier alpha value is -2.65. The predicted octanol–water partition coefficient (Wildman–Crippen LogP) is 3.55. The first-order valence-corrected chi connectivity index (χ1v) is 10.7. The Bertz CT molecular complexity index is 1150. The molecule has 0 spiro atoms. The summed E-state index contributed by atoms with van der Waals surface area (Å²) in [6.07, 6.45) is 1.74. The average molecular weight is 414 g/mol. The molecule has 4 aromatic rings. The van der Waals surface area contributed by atoms with Gasteiger partial charge in [-0.2, -0.15) is 0 Å². The van der Waals surface area contributed by atoms with Crippen molar-refractivity contribution in [1.29, 1.82) is 0 Å². The first kappa shape index (κ1) is 18.7. The van der Waals surface area contributed by atoms with Crippen molar-refractivity contribution in [3.8, 4) is 5.75 Å². The molecule has 1 aromatic carbocycles. The van der Waals surface area contributed by atoms with Crippen LogP contribution < -0.4 is 10.3 Å². The lowest BCUT2D eigenvalue weighted by Crippen LogP contribution is -2.12. The van der Waals surface area contributed by atoms with Crippen LogP contribution in [0.15, 0.2) is 51.9 Å². The molecule has 0 saturated carbocycles. The summed E-state index contributed by atoms with van der Waals surface area (Å²) in [5, 5.41) is 11.2. The third-order valence-electron chi connectivity index (χ3n) is 4.20. The van der Waals surface area contributed by atoms with Gasteiger partial charge in [-0.25, -0.2) is 4.98 Å². The number of aryl methyl sites for hydroxylation is 1. The van der Waals surface area contributed by atoms with Crippen LogP contribution in [0.4, 0.5) is 0 Å². The fourth-order valence-electron chi connectivity index (χ4n) is 2.73. The minimum atomic E-state index is -0.0639. The number of hydrogen-bond donors (Lipinski definition) is 0. The number of thiazole rings is 1. The van der Waals surface area contributed by atoms with Crippen molar-refractivity contribution in [2.24, 2.45) is 0 Å². The number of hydrogen-bond acceptors (Lipinski definition) is 7. The fraction of sp³-hybridized carbons (Fsp3) is 0.263. The van der Waals surface area contributed by atoms with Crippen LogP contribution in [0, 0.1) is 6.92 Å². The summed E-state index contributed by atoms with van der Waals surface area (Å²) < 4.78 is 9.41. The molecule has 4 rings (SSSR count). The van der Waals surface area contributed by atoms with Crippen molar-refractivity contribution < 1.29 is 4.74 Å². The lowest BCUT2D eigenvalue weighted by atomic mass is 10.2. The largest absolute Gasteiger partial charge is 0.486 e. The third kappa shape index (κ3) is 3.95. The lowest BCUT2D eigenvalue weighted by Gasteiger charge is -2.09. The van der Waals surface area contributed by atoms with Gasteiger partial charge in [0.15, 0.2) is 15.9 Å². The molecule has 0 aliphatic heterocycles. The lowest BCUT2D eigenvalue weighted by molar-refractivity contribution is 0.288. The summed E-state index contributed by atoms with van der Waals surface area (Å²) in [6.45, 7) is 5.18. The zero-order valence-electron chi connectivity index (χ0n) is 15.5. The van der Waals surface area contributed by atoms with E-state index in [0.29, 0.717) is 17.3 Å². The zero-order chi connectivity index (χ0) is 19.5. The number of rotatable bonds is 7. The van der Waals surface area contributed by atoms with Crippen LogP contribution in [0.25, 0.3) is 4.96 Å². The summed E-state index contributed by atoms with van der Waals surface area (Å²) >= 11 is 2.96. The smallest absolute Gasteiger partial charge is 0.258 e. The molecule has 0 unspecified atom stereocenters. The van der Waals surface area contributed by atoms with Gasteiger partial charge >= 0.3 is 0 Å². The van der Waals surface area contributed by atoms with Crippen molar-refractivity contribution in [1.82, 2.24) is 24.1 Å². The number of nitrogens with zero attached hydrogens (tertiary/aromatic N) is 5. The summed E-state index contributed by atoms with van der Waals surface area (Å²) in [5.41, 5.74) is 1.86. The molecular weight excluding hydrogens is 394 g/mol. The number of thioether (sulfide) groups is 1. The molecule has 3 heterocycles. The highest BCUT2D eigenvalue weighted by Gasteiger charge is 2.13. The second-order valence-corrected chi connectivity index (χ2v) is 7.99. The predicted molar refractivity (Wildman–Crippen MR) is 110 cm³/mol. The second kappa shape index (κ2) is 8.15. The van der Waals surface area contributed by atoms with Crippen LogP contribution in [0.1, 0.15) is 24.0 Å². The number of aromatic nitrogens is 5. The van der Waals surface area contributed by atoms with Gasteiger partial charge in [0.2, 0.25) is 0 Å². The normalized spacial score (nSPS) is 11.2. The van der Waals surface area contributed by atoms with E-state index in [9.17, 15) is 4.79 Å². The molecule has 0 atom stereocenters. The van der Waals surface area contributed by atoms with E-state index in [1.165, 1.54) is 28.7 Å². The van der Waals surface area contributed by atoms with Gasteiger partial charge in [-0.1, -0.05) is 29.5 Å². The zero-order valence-corrected chi connectivity index (χ0v) is 17.2. The van der Waals surface area contributed by atoms with Crippen LogP contribution in [0.3, 0.4) is 0 Å². The number of ether oxygens (including phenoxy) is 1. The standard InChI is InChI=1S/C19H19N5O2S2/c1-3-23-16(11-26-15-6-4-13(2)5-7-15)21-22-19(23)28-12-14-10-17(25)24-8-9-27-18(24)20-14/h4-10H,3,11-12H2,1-2H3. The molecule has 0 aliphatic rings. The molecule has 0 aliphatic carbocycles. The summed E-state index contributed by atoms with van der Waals surface area (Å²) in [4.78, 5) is 17.3. The average Bonchev–Trinajstić information content (AvgIpc) is 3.32. The minimum Gasteiger partial charge on any atom is -0.486 e. The molecule has 9 heteroatoms. The van der Waals surface area contributed by atoms with Gasteiger partial charge in [-0.05, 0) is 26.0 Å². The quantitative estimate of drug-likeness (QED) is 0.432. The second-order valence-electron chi connectivity index (χ2n) is 6.17. The minimum absolute atomic E-state index is 0.0639. The Morgan fingerprint density at radius 1 is 1.21 bits per heavy atom. The highest BCUT2D eigenvalue weighted by molar-refractivity contribution is 7.98. The van der Waals surface area contributed by atoms with E-state index in [1.807, 2.05) is 48.1 Å². The van der Waals surface area contributed by atoms with Gasteiger partial charge < -0.3 is 9.30 Å². The van der Waals surface area contributed by atoms with Crippen LogP contribution in [-0.2, 0) is 18.9 Å². The highest BCUT2D eigenvalue weighted by atomic mass is 32.2. The molecule has 0 fully saturated rings. The Balaban J connectivity index is 1.45. The maximum atomic E-state index is 12.1. The van der Waals surface area contributed by atoms with E-state index in [2.05, 4.69) is 15.2 Å². The first-order valence-electron chi connectivity index (χ1n) is 8.84. The van der Waals surface area contributed by atoms with E-state index >= 15 is 0 Å². The third-order valence-corrected chi connectivity index (χ3v) is 5.96.